The average molecular weight is 447 g/mol. The van der Waals surface area contributed by atoms with Crippen LogP contribution in [0.3, 0.4) is 0 Å². The molecular weight excluding hydrogens is 424 g/mol. The number of carbonyl (C=O) groups excluding carboxylic acids is 1. The van der Waals surface area contributed by atoms with E-state index in [-0.39, 0.29) is 11.7 Å². The fraction of sp³-hybridized carbons (Fsp3) is 0.125. The molecule has 0 bridgehead atoms. The molecule has 156 valence electrons. The van der Waals surface area contributed by atoms with Gasteiger partial charge in [0.05, 0.1) is 11.4 Å². The van der Waals surface area contributed by atoms with E-state index in [2.05, 4.69) is 40.6 Å². The molecule has 0 saturated heterocycles. The molecule has 0 aliphatic rings. The second kappa shape index (κ2) is 9.85. The SMILES string of the molecule is Cc1ccccc1-c1nnc(SCC(=O)Nc2ccccc2Sc2ccccc2)n1C. The standard InChI is InChI=1S/C24H22N4OS2/c1-17-10-6-7-13-19(17)23-26-27-24(28(23)2)30-16-22(29)25-20-14-8-9-15-21(20)31-18-11-4-3-5-12-18/h3-15H,16H2,1-2H3,(H,25,29). The molecule has 1 aromatic heterocycles. The van der Waals surface area contributed by atoms with Gasteiger partial charge in [0.25, 0.3) is 0 Å². The highest BCUT2D eigenvalue weighted by molar-refractivity contribution is 8.00. The summed E-state index contributed by atoms with van der Waals surface area (Å²) in [6, 6.07) is 26.0. The second-order valence-corrected chi connectivity index (χ2v) is 8.99. The molecular formula is C24H22N4OS2. The number of aryl methyl sites for hydroxylation is 1. The lowest BCUT2D eigenvalue weighted by molar-refractivity contribution is -0.113. The smallest absolute Gasteiger partial charge is 0.234 e. The quantitative estimate of drug-likeness (QED) is 0.371. The molecule has 5 nitrogen and oxygen atoms in total. The molecule has 1 amide bonds. The monoisotopic (exact) mass is 446 g/mol. The lowest BCUT2D eigenvalue weighted by Gasteiger charge is -2.11. The van der Waals surface area contributed by atoms with Gasteiger partial charge in [-0.2, -0.15) is 0 Å². The van der Waals surface area contributed by atoms with Crippen LogP contribution >= 0.6 is 23.5 Å². The molecule has 7 heteroatoms. The third-order valence-corrected chi connectivity index (χ3v) is 6.79. The van der Waals surface area contributed by atoms with Crippen LogP contribution in [0.1, 0.15) is 5.56 Å². The Morgan fingerprint density at radius 2 is 1.65 bits per heavy atom. The number of para-hydroxylation sites is 1. The lowest BCUT2D eigenvalue weighted by Crippen LogP contribution is -2.15. The minimum absolute atomic E-state index is 0.0773. The normalized spacial score (nSPS) is 10.8. The number of nitrogens with zero attached hydrogens (tertiary/aromatic N) is 3. The number of nitrogens with one attached hydrogen (secondary N) is 1. The summed E-state index contributed by atoms with van der Waals surface area (Å²) in [6.07, 6.45) is 0. The van der Waals surface area contributed by atoms with Crippen LogP contribution < -0.4 is 5.32 Å². The maximum absolute atomic E-state index is 12.6. The van der Waals surface area contributed by atoms with Gasteiger partial charge in [0.2, 0.25) is 5.91 Å². The molecule has 31 heavy (non-hydrogen) atoms. The van der Waals surface area contributed by atoms with Crippen LogP contribution in [0.25, 0.3) is 11.4 Å². The number of thioether (sulfide) groups is 1. The zero-order valence-electron chi connectivity index (χ0n) is 17.3. The summed E-state index contributed by atoms with van der Waals surface area (Å²) in [6.45, 7) is 2.05. The van der Waals surface area contributed by atoms with Crippen molar-refractivity contribution in [3.8, 4) is 11.4 Å². The molecule has 0 spiro atoms. The average Bonchev–Trinajstić information content (AvgIpc) is 3.15. The van der Waals surface area contributed by atoms with Crippen molar-refractivity contribution in [3.63, 3.8) is 0 Å². The van der Waals surface area contributed by atoms with Crippen LogP contribution in [0.15, 0.2) is 93.8 Å². The largest absolute Gasteiger partial charge is 0.324 e. The lowest BCUT2D eigenvalue weighted by atomic mass is 10.1. The van der Waals surface area contributed by atoms with Gasteiger partial charge in [-0.15, -0.1) is 10.2 Å². The first-order valence-electron chi connectivity index (χ1n) is 9.82. The van der Waals surface area contributed by atoms with Crippen molar-refractivity contribution in [1.29, 1.82) is 0 Å². The third-order valence-electron chi connectivity index (χ3n) is 4.69. The molecule has 0 atom stereocenters. The van der Waals surface area contributed by atoms with Gasteiger partial charge in [0.1, 0.15) is 0 Å². The maximum atomic E-state index is 12.6. The Kier molecular flexibility index (Phi) is 6.74. The van der Waals surface area contributed by atoms with E-state index >= 15 is 0 Å². The minimum Gasteiger partial charge on any atom is -0.324 e. The molecule has 0 saturated carbocycles. The van der Waals surface area contributed by atoms with Crippen LogP contribution in [0.2, 0.25) is 0 Å². The first-order chi connectivity index (χ1) is 15.1. The zero-order chi connectivity index (χ0) is 21.6. The second-order valence-electron chi connectivity index (χ2n) is 6.93. The van der Waals surface area contributed by atoms with E-state index in [4.69, 9.17) is 0 Å². The Balaban J connectivity index is 1.41. The number of anilines is 1. The van der Waals surface area contributed by atoms with E-state index < -0.39 is 0 Å². The highest BCUT2D eigenvalue weighted by Crippen LogP contribution is 2.33. The molecule has 0 aliphatic carbocycles. The van der Waals surface area contributed by atoms with E-state index in [9.17, 15) is 4.79 Å². The highest BCUT2D eigenvalue weighted by atomic mass is 32.2. The Morgan fingerprint density at radius 3 is 2.45 bits per heavy atom. The fourth-order valence-electron chi connectivity index (χ4n) is 3.09. The third kappa shape index (κ3) is 5.18. The van der Waals surface area contributed by atoms with E-state index in [1.807, 2.05) is 72.3 Å². The van der Waals surface area contributed by atoms with Crippen molar-refractivity contribution in [2.24, 2.45) is 7.05 Å². The predicted octanol–water partition coefficient (Wildman–Crippen LogP) is 5.67. The molecule has 4 aromatic rings. The molecule has 0 fully saturated rings. The fourth-order valence-corrected chi connectivity index (χ4v) is 4.72. The summed E-state index contributed by atoms with van der Waals surface area (Å²) in [5.41, 5.74) is 2.99. The maximum Gasteiger partial charge on any atom is 0.234 e. The number of carbonyl (C=O) groups is 1. The van der Waals surface area contributed by atoms with Gasteiger partial charge >= 0.3 is 0 Å². The molecule has 1 heterocycles. The minimum atomic E-state index is -0.0773. The van der Waals surface area contributed by atoms with Crippen molar-refractivity contribution < 1.29 is 4.79 Å². The molecule has 4 rings (SSSR count). The summed E-state index contributed by atoms with van der Waals surface area (Å²) in [4.78, 5) is 14.8. The topological polar surface area (TPSA) is 59.8 Å². The Bertz CT molecular complexity index is 1190. The van der Waals surface area contributed by atoms with Gasteiger partial charge in [-0.25, -0.2) is 0 Å². The van der Waals surface area contributed by atoms with Crippen LogP contribution in [0.4, 0.5) is 5.69 Å². The summed E-state index contributed by atoms with van der Waals surface area (Å²) in [5, 5.41) is 12.3. The van der Waals surface area contributed by atoms with E-state index in [0.717, 1.165) is 32.4 Å². The van der Waals surface area contributed by atoms with Gasteiger partial charge in [0, 0.05) is 22.4 Å². The van der Waals surface area contributed by atoms with Gasteiger partial charge in [0.15, 0.2) is 11.0 Å². The molecule has 0 radical (unpaired) electrons. The van der Waals surface area contributed by atoms with Crippen LogP contribution in [-0.2, 0) is 11.8 Å². The van der Waals surface area contributed by atoms with Crippen molar-refractivity contribution in [2.45, 2.75) is 21.9 Å². The molecule has 1 N–H and O–H groups in total. The number of amides is 1. The summed E-state index contributed by atoms with van der Waals surface area (Å²) >= 11 is 3.00. The van der Waals surface area contributed by atoms with Crippen LogP contribution in [0, 0.1) is 6.92 Å². The molecule has 0 aliphatic heterocycles. The number of rotatable bonds is 7. The number of hydrogen-bond acceptors (Lipinski definition) is 5. The van der Waals surface area contributed by atoms with Gasteiger partial charge in [-0.3, -0.25) is 4.79 Å². The predicted molar refractivity (Wildman–Crippen MR) is 128 cm³/mol. The molecule has 3 aromatic carbocycles. The van der Waals surface area contributed by atoms with E-state index in [1.165, 1.54) is 11.8 Å². The highest BCUT2D eigenvalue weighted by Gasteiger charge is 2.15. The van der Waals surface area contributed by atoms with Crippen molar-refractivity contribution in [2.75, 3.05) is 11.1 Å². The van der Waals surface area contributed by atoms with Crippen LogP contribution in [0.5, 0.6) is 0 Å². The van der Waals surface area contributed by atoms with Gasteiger partial charge < -0.3 is 9.88 Å². The number of aromatic nitrogens is 3. The molecule has 0 unspecified atom stereocenters. The summed E-state index contributed by atoms with van der Waals surface area (Å²) < 4.78 is 1.93. The summed E-state index contributed by atoms with van der Waals surface area (Å²) in [5.74, 6) is 0.974. The first-order valence-corrected chi connectivity index (χ1v) is 11.6. The number of benzene rings is 3. The van der Waals surface area contributed by atoms with Crippen molar-refractivity contribution in [3.05, 3.63) is 84.4 Å². The zero-order valence-corrected chi connectivity index (χ0v) is 18.9. The number of hydrogen-bond donors (Lipinski definition) is 1. The van der Waals surface area contributed by atoms with E-state index in [0.29, 0.717) is 5.16 Å². The Morgan fingerprint density at radius 1 is 0.935 bits per heavy atom. The van der Waals surface area contributed by atoms with Crippen molar-refractivity contribution in [1.82, 2.24) is 14.8 Å². The van der Waals surface area contributed by atoms with Gasteiger partial charge in [-0.05, 0) is 36.8 Å². The first kappa shape index (κ1) is 21.2. The van der Waals surface area contributed by atoms with E-state index in [1.54, 1.807) is 11.8 Å². The van der Waals surface area contributed by atoms with Crippen LogP contribution in [-0.4, -0.2) is 26.4 Å². The Labute approximate surface area is 190 Å². The summed E-state index contributed by atoms with van der Waals surface area (Å²) in [7, 11) is 1.92. The van der Waals surface area contributed by atoms with Gasteiger partial charge in [-0.1, -0.05) is 78.1 Å². The van der Waals surface area contributed by atoms with Crippen molar-refractivity contribution >= 4 is 35.1 Å². The Hall–Kier alpha value is -3.03.